The molecule has 4 rings (SSSR count). The number of fused-ring (bicyclic) bond motifs is 1. The molecule has 1 aliphatic rings. The summed E-state index contributed by atoms with van der Waals surface area (Å²) in [4.78, 5) is 12.4. The van der Waals surface area contributed by atoms with E-state index in [1.54, 1.807) is 28.9 Å². The molecule has 0 bridgehead atoms. The van der Waals surface area contributed by atoms with Crippen LogP contribution in [0.4, 0.5) is 17.6 Å². The van der Waals surface area contributed by atoms with Crippen LogP contribution in [0.3, 0.4) is 0 Å². The molecule has 1 amide bonds. The van der Waals surface area contributed by atoms with Crippen LogP contribution in [0.1, 0.15) is 28.8 Å². The van der Waals surface area contributed by atoms with Crippen molar-refractivity contribution in [2.24, 2.45) is 0 Å². The Morgan fingerprint density at radius 1 is 1.21 bits per heavy atom. The van der Waals surface area contributed by atoms with E-state index in [1.165, 1.54) is 6.20 Å². The molecule has 5 nitrogen and oxygen atoms in total. The third kappa shape index (κ3) is 3.51. The van der Waals surface area contributed by atoms with Gasteiger partial charge in [0.2, 0.25) is 0 Å². The molecule has 146 valence electrons. The zero-order valence-corrected chi connectivity index (χ0v) is 14.4. The van der Waals surface area contributed by atoms with E-state index in [0.717, 1.165) is 12.1 Å². The fourth-order valence-corrected chi connectivity index (χ4v) is 3.14. The summed E-state index contributed by atoms with van der Waals surface area (Å²) >= 11 is 0. The number of rotatable bonds is 4. The van der Waals surface area contributed by atoms with Crippen LogP contribution in [-0.4, -0.2) is 27.7 Å². The predicted octanol–water partition coefficient (Wildman–Crippen LogP) is 3.83. The first kappa shape index (κ1) is 18.3. The summed E-state index contributed by atoms with van der Waals surface area (Å²) in [5.74, 6) is -1.66. The van der Waals surface area contributed by atoms with Gasteiger partial charge in [0.15, 0.2) is 0 Å². The van der Waals surface area contributed by atoms with E-state index < -0.39 is 17.6 Å². The van der Waals surface area contributed by atoms with Crippen molar-refractivity contribution in [3.63, 3.8) is 0 Å². The lowest BCUT2D eigenvalue weighted by Gasteiger charge is -2.35. The zero-order valence-electron chi connectivity index (χ0n) is 14.4. The van der Waals surface area contributed by atoms with Crippen LogP contribution in [0, 0.1) is 5.82 Å². The number of alkyl halides is 3. The zero-order chi connectivity index (χ0) is 19.9. The molecule has 2 heterocycles. The molecular formula is C19H15F4N3O2. The minimum absolute atomic E-state index is 0.0499. The number of carbonyl (C=O) groups excluding carboxylic acids is 1. The summed E-state index contributed by atoms with van der Waals surface area (Å²) in [5.41, 5.74) is -0.237. The predicted molar refractivity (Wildman–Crippen MR) is 91.5 cm³/mol. The normalized spacial score (nSPS) is 19.3. The molecule has 2 aromatic heterocycles. The second-order valence-electron chi connectivity index (χ2n) is 6.61. The second-order valence-corrected chi connectivity index (χ2v) is 6.61. The van der Waals surface area contributed by atoms with Crippen molar-refractivity contribution in [1.29, 1.82) is 0 Å². The van der Waals surface area contributed by atoms with Gasteiger partial charge in [0.25, 0.3) is 5.91 Å². The SMILES string of the molecule is O=C(N[C@H]1C[C@H](Oc2ccc(F)c(C(F)(F)F)c2)C1)c1cnn2ccccc12. The largest absolute Gasteiger partial charge is 0.490 e. The highest BCUT2D eigenvalue weighted by atomic mass is 19.4. The maximum absolute atomic E-state index is 13.3. The lowest BCUT2D eigenvalue weighted by molar-refractivity contribution is -0.140. The molecule has 1 aromatic carbocycles. The van der Waals surface area contributed by atoms with E-state index in [2.05, 4.69) is 10.4 Å². The monoisotopic (exact) mass is 393 g/mol. The number of pyridine rings is 1. The van der Waals surface area contributed by atoms with Crippen LogP contribution in [-0.2, 0) is 6.18 Å². The summed E-state index contributed by atoms with van der Waals surface area (Å²) in [6.07, 6.45) is -1.02. The summed E-state index contributed by atoms with van der Waals surface area (Å²) in [6.45, 7) is 0. The average molecular weight is 393 g/mol. The van der Waals surface area contributed by atoms with Crippen molar-refractivity contribution in [3.05, 3.63) is 65.7 Å². The van der Waals surface area contributed by atoms with Crippen LogP contribution in [0.5, 0.6) is 5.75 Å². The number of nitrogens with one attached hydrogen (secondary N) is 1. The van der Waals surface area contributed by atoms with Crippen LogP contribution < -0.4 is 10.1 Å². The number of nitrogens with zero attached hydrogens (tertiary/aromatic N) is 2. The quantitative estimate of drug-likeness (QED) is 0.686. The molecule has 9 heteroatoms. The first-order chi connectivity index (χ1) is 13.3. The lowest BCUT2D eigenvalue weighted by atomic mass is 9.89. The number of amides is 1. The summed E-state index contributed by atoms with van der Waals surface area (Å²) < 4.78 is 58.7. The van der Waals surface area contributed by atoms with Gasteiger partial charge in [-0.1, -0.05) is 6.07 Å². The van der Waals surface area contributed by atoms with Gasteiger partial charge in [0.05, 0.1) is 22.8 Å². The number of hydrogen-bond donors (Lipinski definition) is 1. The Labute approximate surface area is 156 Å². The number of benzene rings is 1. The van der Waals surface area contributed by atoms with Crippen molar-refractivity contribution >= 4 is 11.4 Å². The summed E-state index contributed by atoms with van der Waals surface area (Å²) in [6, 6.07) is 7.78. The molecule has 0 saturated heterocycles. The Bertz CT molecular complexity index is 1030. The third-order valence-electron chi connectivity index (χ3n) is 4.65. The highest BCUT2D eigenvalue weighted by molar-refractivity contribution is 6.00. The van der Waals surface area contributed by atoms with Gasteiger partial charge >= 0.3 is 6.18 Å². The molecule has 0 aliphatic heterocycles. The highest BCUT2D eigenvalue weighted by Gasteiger charge is 2.36. The summed E-state index contributed by atoms with van der Waals surface area (Å²) in [5, 5.41) is 6.96. The van der Waals surface area contributed by atoms with Crippen molar-refractivity contribution in [2.75, 3.05) is 0 Å². The number of halogens is 4. The maximum atomic E-state index is 13.3. The topological polar surface area (TPSA) is 55.6 Å². The van der Waals surface area contributed by atoms with Crippen LogP contribution in [0.2, 0.25) is 0 Å². The second kappa shape index (κ2) is 6.81. The first-order valence-electron chi connectivity index (χ1n) is 8.58. The van der Waals surface area contributed by atoms with Gasteiger partial charge < -0.3 is 10.1 Å². The van der Waals surface area contributed by atoms with Crippen molar-refractivity contribution in [1.82, 2.24) is 14.9 Å². The Morgan fingerprint density at radius 3 is 2.75 bits per heavy atom. The average Bonchev–Trinajstić information content (AvgIpc) is 3.04. The van der Waals surface area contributed by atoms with Crippen LogP contribution >= 0.6 is 0 Å². The first-order valence-corrected chi connectivity index (χ1v) is 8.58. The molecule has 0 spiro atoms. The lowest BCUT2D eigenvalue weighted by Crippen LogP contribution is -2.49. The number of hydrogen-bond acceptors (Lipinski definition) is 3. The molecule has 1 saturated carbocycles. The highest BCUT2D eigenvalue weighted by Crippen LogP contribution is 2.35. The third-order valence-corrected chi connectivity index (χ3v) is 4.65. The number of ether oxygens (including phenoxy) is 1. The smallest absolute Gasteiger partial charge is 0.419 e. The van der Waals surface area contributed by atoms with E-state index >= 15 is 0 Å². The molecule has 28 heavy (non-hydrogen) atoms. The van der Waals surface area contributed by atoms with Crippen molar-refractivity contribution in [2.45, 2.75) is 31.2 Å². The molecule has 0 radical (unpaired) electrons. The molecule has 1 fully saturated rings. The van der Waals surface area contributed by atoms with Gasteiger partial charge in [-0.2, -0.15) is 18.3 Å². The maximum Gasteiger partial charge on any atom is 0.419 e. The fourth-order valence-electron chi connectivity index (χ4n) is 3.14. The van der Waals surface area contributed by atoms with Crippen molar-refractivity contribution in [3.8, 4) is 5.75 Å². The van der Waals surface area contributed by atoms with Crippen molar-refractivity contribution < 1.29 is 27.1 Å². The number of aromatic nitrogens is 2. The standard InChI is InChI=1S/C19H15F4N3O2/c20-16-5-4-12(9-15(16)19(21,22)23)28-13-7-11(8-13)25-18(27)14-10-24-26-6-2-1-3-17(14)26/h1-6,9-11,13H,7-8H2,(H,25,27)/t11-,13-. The Balaban J connectivity index is 1.35. The molecule has 0 atom stereocenters. The van der Waals surface area contributed by atoms with Crippen LogP contribution in [0.15, 0.2) is 48.8 Å². The van der Waals surface area contributed by atoms with Gasteiger partial charge in [-0.3, -0.25) is 4.79 Å². The van der Waals surface area contributed by atoms with Gasteiger partial charge in [-0.25, -0.2) is 8.91 Å². The van der Waals surface area contributed by atoms with E-state index in [-0.39, 0.29) is 23.8 Å². The minimum Gasteiger partial charge on any atom is -0.490 e. The molecule has 0 unspecified atom stereocenters. The van der Waals surface area contributed by atoms with Gasteiger partial charge in [0, 0.05) is 25.1 Å². The van der Waals surface area contributed by atoms with Crippen LogP contribution in [0.25, 0.3) is 5.52 Å². The molecular weight excluding hydrogens is 378 g/mol. The van der Waals surface area contributed by atoms with E-state index in [0.29, 0.717) is 30.0 Å². The Kier molecular flexibility index (Phi) is 4.44. The van der Waals surface area contributed by atoms with E-state index in [9.17, 15) is 22.4 Å². The Hall–Kier alpha value is -3.10. The molecule has 1 N–H and O–H groups in total. The Morgan fingerprint density at radius 2 is 2.00 bits per heavy atom. The molecule has 1 aliphatic carbocycles. The van der Waals surface area contributed by atoms with Gasteiger partial charge in [-0.15, -0.1) is 0 Å². The van der Waals surface area contributed by atoms with Gasteiger partial charge in [0.1, 0.15) is 17.7 Å². The molecule has 3 aromatic rings. The van der Waals surface area contributed by atoms with E-state index in [1.807, 2.05) is 0 Å². The van der Waals surface area contributed by atoms with E-state index in [4.69, 9.17) is 4.74 Å². The summed E-state index contributed by atoms with van der Waals surface area (Å²) in [7, 11) is 0. The number of carbonyl (C=O) groups is 1. The van der Waals surface area contributed by atoms with Gasteiger partial charge in [-0.05, 0) is 30.3 Å². The minimum atomic E-state index is -4.78. The fraction of sp³-hybridized carbons (Fsp3) is 0.263.